The van der Waals surface area contributed by atoms with E-state index in [0.29, 0.717) is 10.8 Å². The molecule has 2 aliphatic carbocycles. The van der Waals surface area contributed by atoms with Crippen molar-refractivity contribution in [2.45, 2.75) is 86.5 Å². The van der Waals surface area contributed by atoms with Crippen LogP contribution in [0.1, 0.15) is 86.5 Å². The van der Waals surface area contributed by atoms with Crippen LogP contribution in [-0.4, -0.2) is 0 Å². The smallest absolute Gasteiger partial charge is 0.0152 e. The summed E-state index contributed by atoms with van der Waals surface area (Å²) < 4.78 is 0. The molecular weight excluding hydrogens is 216 g/mol. The monoisotopic (exact) mass is 250 g/mol. The second-order valence-electron chi connectivity index (χ2n) is 7.06. The van der Waals surface area contributed by atoms with Gasteiger partial charge < -0.3 is 0 Å². The van der Waals surface area contributed by atoms with E-state index in [1.807, 2.05) is 13.8 Å². The van der Waals surface area contributed by atoms with Gasteiger partial charge in [0.2, 0.25) is 0 Å². The Balaban J connectivity index is 0.000000771. The second-order valence-corrected chi connectivity index (χ2v) is 7.06. The summed E-state index contributed by atoms with van der Waals surface area (Å²) in [6, 6.07) is 0. The maximum absolute atomic E-state index is 2.57. The summed E-state index contributed by atoms with van der Waals surface area (Å²) in [4.78, 5) is 0. The molecule has 2 atom stereocenters. The van der Waals surface area contributed by atoms with Crippen LogP contribution in [0.5, 0.6) is 0 Å². The Morgan fingerprint density at radius 3 is 2.39 bits per heavy atom. The van der Waals surface area contributed by atoms with Crippen molar-refractivity contribution < 1.29 is 0 Å². The summed E-state index contributed by atoms with van der Waals surface area (Å²) >= 11 is 0. The van der Waals surface area contributed by atoms with Crippen LogP contribution in [0.3, 0.4) is 0 Å². The molecule has 0 heterocycles. The molecule has 2 unspecified atom stereocenters. The fourth-order valence-electron chi connectivity index (χ4n) is 3.72. The van der Waals surface area contributed by atoms with Crippen LogP contribution < -0.4 is 0 Å². The van der Waals surface area contributed by atoms with E-state index in [1.165, 1.54) is 44.9 Å². The van der Waals surface area contributed by atoms with Crippen molar-refractivity contribution in [1.82, 2.24) is 0 Å². The summed E-state index contributed by atoms with van der Waals surface area (Å²) in [5.74, 6) is 0.884. The molecule has 0 radical (unpaired) electrons. The molecule has 1 saturated carbocycles. The quantitative estimate of drug-likeness (QED) is 0.475. The lowest BCUT2D eigenvalue weighted by atomic mass is 9.66. The van der Waals surface area contributed by atoms with Crippen molar-refractivity contribution in [1.29, 1.82) is 0 Å². The number of rotatable bonds is 1. The van der Waals surface area contributed by atoms with Gasteiger partial charge in [0.05, 0.1) is 0 Å². The lowest BCUT2D eigenvalue weighted by Crippen LogP contribution is -2.28. The van der Waals surface area contributed by atoms with Crippen LogP contribution in [0.25, 0.3) is 0 Å². The number of fused-ring (bicyclic) bond motifs is 1. The number of hydrogen-bond donors (Lipinski definition) is 0. The topological polar surface area (TPSA) is 0 Å². The van der Waals surface area contributed by atoms with Crippen LogP contribution in [0.4, 0.5) is 0 Å². The Morgan fingerprint density at radius 1 is 1.11 bits per heavy atom. The van der Waals surface area contributed by atoms with Crippen molar-refractivity contribution in [3.05, 3.63) is 11.6 Å². The zero-order chi connectivity index (χ0) is 13.8. The van der Waals surface area contributed by atoms with Crippen molar-refractivity contribution in [2.75, 3.05) is 0 Å². The van der Waals surface area contributed by atoms with Gasteiger partial charge in [0.15, 0.2) is 0 Å². The molecule has 0 aliphatic heterocycles. The highest BCUT2D eigenvalue weighted by molar-refractivity contribution is 5.16. The molecule has 0 nitrogen and oxygen atoms in total. The van der Waals surface area contributed by atoms with E-state index in [-0.39, 0.29) is 0 Å². The minimum atomic E-state index is 0.559. The minimum Gasteiger partial charge on any atom is -0.0850 e. The van der Waals surface area contributed by atoms with Gasteiger partial charge in [-0.15, -0.1) is 0 Å². The average Bonchev–Trinajstić information content (AvgIpc) is 2.53. The largest absolute Gasteiger partial charge is 0.0850 e. The van der Waals surface area contributed by atoms with E-state index in [1.54, 1.807) is 5.57 Å². The van der Waals surface area contributed by atoms with Gasteiger partial charge in [-0.05, 0) is 55.3 Å². The van der Waals surface area contributed by atoms with E-state index in [9.17, 15) is 0 Å². The zero-order valence-electron chi connectivity index (χ0n) is 13.6. The first-order valence-electron chi connectivity index (χ1n) is 8.16. The summed E-state index contributed by atoms with van der Waals surface area (Å²) in [5.41, 5.74) is 2.98. The molecule has 18 heavy (non-hydrogen) atoms. The van der Waals surface area contributed by atoms with Crippen molar-refractivity contribution in [2.24, 2.45) is 16.7 Å². The van der Waals surface area contributed by atoms with Gasteiger partial charge in [0.1, 0.15) is 0 Å². The van der Waals surface area contributed by atoms with E-state index in [4.69, 9.17) is 0 Å². The summed E-state index contributed by atoms with van der Waals surface area (Å²) in [7, 11) is 0. The Labute approximate surface area is 115 Å². The normalized spacial score (nSPS) is 34.6. The first-order valence-corrected chi connectivity index (χ1v) is 8.16. The molecule has 0 N–H and O–H groups in total. The van der Waals surface area contributed by atoms with Gasteiger partial charge in [0.25, 0.3) is 0 Å². The molecule has 2 aliphatic rings. The predicted octanol–water partition coefficient (Wildman–Crippen LogP) is 6.37. The van der Waals surface area contributed by atoms with Gasteiger partial charge in [-0.25, -0.2) is 0 Å². The van der Waals surface area contributed by atoms with Crippen LogP contribution in [-0.2, 0) is 0 Å². The highest BCUT2D eigenvalue weighted by atomic mass is 14.4. The van der Waals surface area contributed by atoms with Crippen LogP contribution >= 0.6 is 0 Å². The molecule has 0 bridgehead atoms. The van der Waals surface area contributed by atoms with E-state index >= 15 is 0 Å². The Bertz CT molecular complexity index is 284. The van der Waals surface area contributed by atoms with Crippen LogP contribution in [0.15, 0.2) is 11.6 Å². The van der Waals surface area contributed by atoms with Gasteiger partial charge in [-0.2, -0.15) is 0 Å². The summed E-state index contributed by atoms with van der Waals surface area (Å²) in [6.07, 6.45) is 12.3. The first-order chi connectivity index (χ1) is 8.47. The van der Waals surface area contributed by atoms with Gasteiger partial charge >= 0.3 is 0 Å². The van der Waals surface area contributed by atoms with Gasteiger partial charge in [-0.3, -0.25) is 0 Å². The molecule has 1 fully saturated rings. The van der Waals surface area contributed by atoms with Crippen molar-refractivity contribution in [3.8, 4) is 0 Å². The van der Waals surface area contributed by atoms with Crippen LogP contribution in [0, 0.1) is 16.7 Å². The third-order valence-corrected chi connectivity index (χ3v) is 5.49. The maximum atomic E-state index is 2.57. The van der Waals surface area contributed by atoms with E-state index < -0.39 is 0 Å². The minimum absolute atomic E-state index is 0.559. The third-order valence-electron chi connectivity index (χ3n) is 5.49. The molecule has 2 rings (SSSR count). The Hall–Kier alpha value is -0.260. The fourth-order valence-corrected chi connectivity index (χ4v) is 3.72. The van der Waals surface area contributed by atoms with Crippen molar-refractivity contribution in [3.63, 3.8) is 0 Å². The molecule has 0 aromatic rings. The molecule has 106 valence electrons. The highest BCUT2D eigenvalue weighted by Crippen LogP contribution is 2.50. The fraction of sp³-hybridized carbons (Fsp3) is 0.889. The predicted molar refractivity (Wildman–Crippen MR) is 82.8 cm³/mol. The first kappa shape index (κ1) is 15.8. The van der Waals surface area contributed by atoms with Gasteiger partial charge in [-0.1, -0.05) is 59.6 Å². The SMILES string of the molecule is CC.CCC1(C)CCC2=CCCC(C)(C)C2CC1. The standard InChI is InChI=1S/C16H28.C2H6/c1-5-16(4)11-8-13-7-6-10-15(2,3)14(13)9-12-16;1-2/h7,14H,5-6,8-12H2,1-4H3;1-2H3. The lowest BCUT2D eigenvalue weighted by Gasteiger charge is -2.39. The Kier molecular flexibility index (Phi) is 5.49. The zero-order valence-corrected chi connectivity index (χ0v) is 13.6. The molecule has 0 amide bonds. The highest BCUT2D eigenvalue weighted by Gasteiger charge is 2.38. The third kappa shape index (κ3) is 3.39. The molecule has 0 aromatic carbocycles. The summed E-state index contributed by atoms with van der Waals surface area (Å²) in [6.45, 7) is 13.8. The number of allylic oxidation sites excluding steroid dienone is 2. The average molecular weight is 250 g/mol. The Morgan fingerprint density at radius 2 is 1.78 bits per heavy atom. The van der Waals surface area contributed by atoms with E-state index in [2.05, 4.69) is 33.8 Å². The second kappa shape index (κ2) is 6.26. The molecule has 0 heteroatoms. The molecule has 0 saturated heterocycles. The maximum Gasteiger partial charge on any atom is -0.0152 e. The van der Waals surface area contributed by atoms with Gasteiger partial charge in [0, 0.05) is 0 Å². The van der Waals surface area contributed by atoms with Crippen LogP contribution in [0.2, 0.25) is 0 Å². The summed E-state index contributed by atoms with van der Waals surface area (Å²) in [5, 5.41) is 0. The van der Waals surface area contributed by atoms with E-state index in [0.717, 1.165) is 5.92 Å². The number of hydrogen-bond acceptors (Lipinski definition) is 0. The molecular formula is C18H34. The van der Waals surface area contributed by atoms with Crippen molar-refractivity contribution >= 4 is 0 Å². The molecule has 0 aromatic heterocycles. The molecule has 0 spiro atoms. The lowest BCUT2D eigenvalue weighted by molar-refractivity contribution is 0.186.